The first kappa shape index (κ1) is 19.3. The van der Waals surface area contributed by atoms with E-state index in [0.29, 0.717) is 40.9 Å². The topological polar surface area (TPSA) is 84.1 Å². The molecule has 2 aromatic heterocycles. The van der Waals surface area contributed by atoms with Crippen molar-refractivity contribution in [1.82, 2.24) is 9.97 Å². The molecule has 0 unspecified atom stereocenters. The minimum Gasteiger partial charge on any atom is -0.380 e. The van der Waals surface area contributed by atoms with Gasteiger partial charge in [0.1, 0.15) is 5.82 Å². The van der Waals surface area contributed by atoms with Gasteiger partial charge in [-0.1, -0.05) is 11.6 Å². The lowest BCUT2D eigenvalue weighted by molar-refractivity contribution is 0.00695. The zero-order valence-corrected chi connectivity index (χ0v) is 16.2. The lowest BCUT2D eigenvalue weighted by atomic mass is 9.98. The van der Waals surface area contributed by atoms with Gasteiger partial charge >= 0.3 is 0 Å². The number of carbonyl (C=O) groups excluding carboxylic acids is 1. The van der Waals surface area contributed by atoms with Crippen molar-refractivity contribution in [2.45, 2.75) is 12.8 Å². The van der Waals surface area contributed by atoms with E-state index in [1.807, 2.05) is 0 Å². The van der Waals surface area contributed by atoms with Gasteiger partial charge in [0.2, 0.25) is 0 Å². The zero-order chi connectivity index (χ0) is 20.5. The first-order valence-electron chi connectivity index (χ1n) is 8.96. The van der Waals surface area contributed by atoms with Gasteiger partial charge in [0.25, 0.3) is 5.56 Å². The number of carbonyl (C=O) groups is 1. The average molecular weight is 414 g/mol. The van der Waals surface area contributed by atoms with Gasteiger partial charge in [-0.25, -0.2) is 4.39 Å². The Morgan fingerprint density at radius 1 is 1.24 bits per heavy atom. The SMILES string of the molecule is CC(=O)c1cnccc1Nc1cc(-c2cc(Cl)ccc2F)c(=O)[nH]c1C1COC1. The first-order chi connectivity index (χ1) is 13.9. The van der Waals surface area contributed by atoms with Crippen LogP contribution in [0.1, 0.15) is 28.9 Å². The number of hydrogen-bond donors (Lipinski definition) is 2. The van der Waals surface area contributed by atoms with Crippen LogP contribution in [-0.2, 0) is 4.74 Å². The molecule has 148 valence electrons. The van der Waals surface area contributed by atoms with E-state index in [1.54, 1.807) is 18.3 Å². The van der Waals surface area contributed by atoms with Gasteiger partial charge in [0.15, 0.2) is 5.78 Å². The Morgan fingerprint density at radius 3 is 2.72 bits per heavy atom. The summed E-state index contributed by atoms with van der Waals surface area (Å²) in [4.78, 5) is 31.5. The highest BCUT2D eigenvalue weighted by atomic mass is 35.5. The molecule has 2 N–H and O–H groups in total. The number of halogens is 2. The van der Waals surface area contributed by atoms with E-state index >= 15 is 0 Å². The lowest BCUT2D eigenvalue weighted by Gasteiger charge is -2.28. The molecule has 4 rings (SSSR count). The Balaban J connectivity index is 1.86. The second-order valence-electron chi connectivity index (χ2n) is 6.80. The van der Waals surface area contributed by atoms with Crippen molar-refractivity contribution in [3.8, 4) is 11.1 Å². The minimum atomic E-state index is -0.557. The number of Topliss-reactive ketones (excluding diaryl/α,β-unsaturated/α-hetero) is 1. The summed E-state index contributed by atoms with van der Waals surface area (Å²) in [6.45, 7) is 2.37. The molecular formula is C21H17ClFN3O3. The Morgan fingerprint density at radius 2 is 2.03 bits per heavy atom. The number of nitrogens with one attached hydrogen (secondary N) is 2. The van der Waals surface area contributed by atoms with Gasteiger partial charge in [-0.3, -0.25) is 14.6 Å². The summed E-state index contributed by atoms with van der Waals surface area (Å²) in [7, 11) is 0. The molecule has 1 fully saturated rings. The minimum absolute atomic E-state index is 0.00827. The van der Waals surface area contributed by atoms with Gasteiger partial charge in [-0.05, 0) is 37.3 Å². The molecule has 1 aromatic carbocycles. The number of aromatic amines is 1. The number of aromatic nitrogens is 2. The fourth-order valence-corrected chi connectivity index (χ4v) is 3.38. The van der Waals surface area contributed by atoms with Gasteiger partial charge in [-0.2, -0.15) is 0 Å². The molecule has 1 aliphatic heterocycles. The lowest BCUT2D eigenvalue weighted by Crippen LogP contribution is -2.29. The van der Waals surface area contributed by atoms with Crippen LogP contribution in [-0.4, -0.2) is 29.0 Å². The summed E-state index contributed by atoms with van der Waals surface area (Å²) in [6.07, 6.45) is 3.03. The number of anilines is 2. The number of hydrogen-bond acceptors (Lipinski definition) is 5. The molecule has 29 heavy (non-hydrogen) atoms. The highest BCUT2D eigenvalue weighted by Crippen LogP contribution is 2.34. The Bertz CT molecular complexity index is 1160. The van der Waals surface area contributed by atoms with Crippen molar-refractivity contribution >= 4 is 28.8 Å². The van der Waals surface area contributed by atoms with Crippen LogP contribution in [0.25, 0.3) is 11.1 Å². The Kier molecular flexibility index (Phi) is 5.17. The van der Waals surface area contributed by atoms with E-state index < -0.39 is 11.4 Å². The molecule has 1 saturated heterocycles. The predicted molar refractivity (Wildman–Crippen MR) is 109 cm³/mol. The van der Waals surface area contributed by atoms with Crippen LogP contribution >= 0.6 is 11.6 Å². The monoisotopic (exact) mass is 413 g/mol. The van der Waals surface area contributed by atoms with Gasteiger partial charge in [-0.15, -0.1) is 0 Å². The summed E-state index contributed by atoms with van der Waals surface area (Å²) in [6, 6.07) is 7.29. The molecule has 6 nitrogen and oxygen atoms in total. The molecule has 1 aliphatic rings. The Hall–Kier alpha value is -3.03. The van der Waals surface area contributed by atoms with E-state index in [9.17, 15) is 14.0 Å². The third-order valence-corrected chi connectivity index (χ3v) is 5.04. The van der Waals surface area contributed by atoms with Crippen LogP contribution in [0.4, 0.5) is 15.8 Å². The number of rotatable bonds is 5. The van der Waals surface area contributed by atoms with E-state index in [-0.39, 0.29) is 22.8 Å². The second kappa shape index (κ2) is 7.77. The standard InChI is InChI=1S/C21H17ClFN3O3/c1-11(27)16-8-24-5-4-18(16)25-19-7-15(14-6-13(22)2-3-17(14)23)21(28)26-20(19)12-9-29-10-12/h2-8,12H,9-10H2,1H3,(H,24,25)(H,26,28). The molecule has 3 aromatic rings. The number of pyridine rings is 2. The molecule has 0 spiro atoms. The number of benzene rings is 1. The average Bonchev–Trinajstić information content (AvgIpc) is 2.65. The normalized spacial score (nSPS) is 13.8. The number of H-pyrrole nitrogens is 1. The van der Waals surface area contributed by atoms with Crippen LogP contribution in [0.2, 0.25) is 5.02 Å². The zero-order valence-electron chi connectivity index (χ0n) is 15.5. The first-order valence-corrected chi connectivity index (χ1v) is 9.34. The quantitative estimate of drug-likeness (QED) is 0.609. The van der Waals surface area contributed by atoms with E-state index in [4.69, 9.17) is 16.3 Å². The maximum atomic E-state index is 14.4. The molecule has 0 bridgehead atoms. The predicted octanol–water partition coefficient (Wildman–Crippen LogP) is 4.29. The van der Waals surface area contributed by atoms with Crippen LogP contribution in [0, 0.1) is 5.82 Å². The summed E-state index contributed by atoms with van der Waals surface area (Å²) < 4.78 is 19.7. The number of ether oxygens (including phenoxy) is 1. The molecule has 3 heterocycles. The molecule has 8 heteroatoms. The molecular weight excluding hydrogens is 397 g/mol. The molecule has 0 amide bonds. The number of nitrogens with zero attached hydrogens (tertiary/aromatic N) is 1. The maximum Gasteiger partial charge on any atom is 0.256 e. The third-order valence-electron chi connectivity index (χ3n) is 4.81. The summed E-state index contributed by atoms with van der Waals surface area (Å²) in [5.41, 5.74) is 1.94. The fourth-order valence-electron chi connectivity index (χ4n) is 3.21. The van der Waals surface area contributed by atoms with Crippen LogP contribution < -0.4 is 10.9 Å². The van der Waals surface area contributed by atoms with Crippen molar-refractivity contribution < 1.29 is 13.9 Å². The van der Waals surface area contributed by atoms with Gasteiger partial charge < -0.3 is 15.0 Å². The van der Waals surface area contributed by atoms with Crippen molar-refractivity contribution in [2.75, 3.05) is 18.5 Å². The summed E-state index contributed by atoms with van der Waals surface area (Å²) in [5.74, 6) is -0.718. The van der Waals surface area contributed by atoms with Crippen LogP contribution in [0.5, 0.6) is 0 Å². The molecule has 0 aliphatic carbocycles. The van der Waals surface area contributed by atoms with Crippen LogP contribution in [0.3, 0.4) is 0 Å². The fraction of sp³-hybridized carbons (Fsp3) is 0.190. The Labute approximate surface area is 170 Å². The highest BCUT2D eigenvalue weighted by molar-refractivity contribution is 6.30. The third kappa shape index (κ3) is 3.79. The second-order valence-corrected chi connectivity index (χ2v) is 7.24. The van der Waals surface area contributed by atoms with Gasteiger partial charge in [0.05, 0.1) is 35.7 Å². The van der Waals surface area contributed by atoms with Crippen LogP contribution in [0.15, 0.2) is 47.5 Å². The van der Waals surface area contributed by atoms with Crippen molar-refractivity contribution in [2.24, 2.45) is 0 Å². The van der Waals surface area contributed by atoms with Crippen molar-refractivity contribution in [1.29, 1.82) is 0 Å². The molecule has 0 radical (unpaired) electrons. The number of ketones is 1. The van der Waals surface area contributed by atoms with Gasteiger partial charge in [0, 0.05) is 34.6 Å². The summed E-state index contributed by atoms with van der Waals surface area (Å²) in [5, 5.41) is 3.52. The largest absolute Gasteiger partial charge is 0.380 e. The van der Waals surface area contributed by atoms with E-state index in [1.165, 1.54) is 31.3 Å². The van der Waals surface area contributed by atoms with E-state index in [2.05, 4.69) is 15.3 Å². The van der Waals surface area contributed by atoms with E-state index in [0.717, 1.165) is 0 Å². The molecule has 0 atom stereocenters. The molecule has 0 saturated carbocycles. The maximum absolute atomic E-state index is 14.4. The smallest absolute Gasteiger partial charge is 0.256 e. The highest BCUT2D eigenvalue weighted by Gasteiger charge is 2.26. The van der Waals surface area contributed by atoms with Crippen molar-refractivity contribution in [3.63, 3.8) is 0 Å². The van der Waals surface area contributed by atoms with Crippen molar-refractivity contribution in [3.05, 3.63) is 75.2 Å². The summed E-state index contributed by atoms with van der Waals surface area (Å²) >= 11 is 6.00.